The first kappa shape index (κ1) is 14.8. The molecule has 0 aliphatic carbocycles. The third-order valence-corrected chi connectivity index (χ3v) is 3.76. The molecular formula is C14H12ClN3O3S. The average molecular weight is 338 g/mol. The molecule has 0 fully saturated rings. The summed E-state index contributed by atoms with van der Waals surface area (Å²) >= 11 is 7.31. The molecule has 0 saturated heterocycles. The van der Waals surface area contributed by atoms with E-state index >= 15 is 0 Å². The number of rotatable bonds is 6. The molecule has 0 amide bonds. The monoisotopic (exact) mass is 337 g/mol. The van der Waals surface area contributed by atoms with Gasteiger partial charge in [-0.15, -0.1) is 11.3 Å². The van der Waals surface area contributed by atoms with Crippen molar-refractivity contribution in [2.75, 3.05) is 6.61 Å². The molecule has 1 aromatic carbocycles. The second-order valence-corrected chi connectivity index (χ2v) is 5.61. The van der Waals surface area contributed by atoms with Crippen molar-refractivity contribution in [3.8, 4) is 23.0 Å². The number of aromatic nitrogens is 3. The first-order chi connectivity index (χ1) is 10.8. The fourth-order valence-corrected chi connectivity index (χ4v) is 2.53. The number of halogens is 1. The van der Waals surface area contributed by atoms with Crippen LogP contribution in [0.4, 0.5) is 0 Å². The molecule has 0 bridgehead atoms. The largest absolute Gasteiger partial charge is 0.490 e. The molecule has 0 saturated carbocycles. The maximum atomic E-state index is 6.00. The van der Waals surface area contributed by atoms with Gasteiger partial charge in [0.1, 0.15) is 10.0 Å². The van der Waals surface area contributed by atoms with Crippen molar-refractivity contribution in [1.82, 2.24) is 15.1 Å². The molecule has 0 radical (unpaired) electrons. The van der Waals surface area contributed by atoms with Crippen LogP contribution in [0.3, 0.4) is 0 Å². The van der Waals surface area contributed by atoms with Gasteiger partial charge in [-0.1, -0.05) is 28.9 Å². The predicted octanol–water partition coefficient (Wildman–Crippen LogP) is 3.82. The molecule has 114 valence electrons. The zero-order valence-corrected chi connectivity index (χ0v) is 13.2. The predicted molar refractivity (Wildman–Crippen MR) is 82.4 cm³/mol. The highest BCUT2D eigenvalue weighted by Gasteiger charge is 2.15. The standard InChI is InChI=1S/C14H12ClN3O3S/c1-2-19-9-5-3-4-6-10(9)20-7-11-17-14(18-21-11)12-13(15)22-8-16-12/h3-6,8H,2,7H2,1H3. The van der Waals surface area contributed by atoms with Crippen LogP contribution in [0.25, 0.3) is 11.5 Å². The van der Waals surface area contributed by atoms with Crippen molar-refractivity contribution >= 4 is 22.9 Å². The lowest BCUT2D eigenvalue weighted by Crippen LogP contribution is -1.99. The van der Waals surface area contributed by atoms with E-state index in [0.717, 1.165) is 0 Å². The Bertz CT molecular complexity index is 759. The minimum Gasteiger partial charge on any atom is -0.490 e. The highest BCUT2D eigenvalue weighted by molar-refractivity contribution is 7.14. The Morgan fingerprint density at radius 1 is 1.23 bits per heavy atom. The maximum Gasteiger partial charge on any atom is 0.264 e. The van der Waals surface area contributed by atoms with E-state index in [-0.39, 0.29) is 6.61 Å². The lowest BCUT2D eigenvalue weighted by Gasteiger charge is -2.09. The molecule has 22 heavy (non-hydrogen) atoms. The van der Waals surface area contributed by atoms with E-state index in [0.29, 0.717) is 39.9 Å². The summed E-state index contributed by atoms with van der Waals surface area (Å²) in [6.07, 6.45) is 0. The number of hydrogen-bond donors (Lipinski definition) is 0. The van der Waals surface area contributed by atoms with Crippen LogP contribution in [-0.4, -0.2) is 21.7 Å². The van der Waals surface area contributed by atoms with Gasteiger partial charge in [-0.25, -0.2) is 4.98 Å². The first-order valence-electron chi connectivity index (χ1n) is 6.54. The van der Waals surface area contributed by atoms with Gasteiger partial charge >= 0.3 is 0 Å². The van der Waals surface area contributed by atoms with Gasteiger partial charge < -0.3 is 14.0 Å². The minimum absolute atomic E-state index is 0.138. The van der Waals surface area contributed by atoms with Gasteiger partial charge in [-0.3, -0.25) is 0 Å². The number of ether oxygens (including phenoxy) is 2. The van der Waals surface area contributed by atoms with Gasteiger partial charge in [0.25, 0.3) is 5.89 Å². The summed E-state index contributed by atoms with van der Waals surface area (Å²) in [5.41, 5.74) is 2.14. The summed E-state index contributed by atoms with van der Waals surface area (Å²) in [6.45, 7) is 2.62. The van der Waals surface area contributed by atoms with Crippen LogP contribution in [0, 0.1) is 0 Å². The van der Waals surface area contributed by atoms with Crippen molar-refractivity contribution in [3.63, 3.8) is 0 Å². The molecule has 0 atom stereocenters. The maximum absolute atomic E-state index is 6.00. The van der Waals surface area contributed by atoms with Crippen molar-refractivity contribution < 1.29 is 14.0 Å². The number of para-hydroxylation sites is 2. The summed E-state index contributed by atoms with van der Waals surface area (Å²) in [5, 5.41) is 3.85. The summed E-state index contributed by atoms with van der Waals surface area (Å²) in [7, 11) is 0. The van der Waals surface area contributed by atoms with Gasteiger partial charge in [-0.05, 0) is 19.1 Å². The molecule has 2 heterocycles. The van der Waals surface area contributed by atoms with E-state index in [1.807, 2.05) is 31.2 Å². The molecule has 3 rings (SSSR count). The van der Waals surface area contributed by atoms with Gasteiger partial charge in [0.05, 0.1) is 12.1 Å². The lowest BCUT2D eigenvalue weighted by atomic mass is 10.3. The zero-order valence-electron chi connectivity index (χ0n) is 11.7. The summed E-state index contributed by atoms with van der Waals surface area (Å²) < 4.78 is 16.8. The molecule has 0 aliphatic rings. The first-order valence-corrected chi connectivity index (χ1v) is 7.80. The number of benzene rings is 1. The fraction of sp³-hybridized carbons (Fsp3) is 0.214. The second kappa shape index (κ2) is 6.76. The number of nitrogens with zero attached hydrogens (tertiary/aromatic N) is 3. The molecule has 2 aromatic heterocycles. The van der Waals surface area contributed by atoms with Crippen LogP contribution in [0.1, 0.15) is 12.8 Å². The van der Waals surface area contributed by atoms with Crippen LogP contribution < -0.4 is 9.47 Å². The zero-order chi connectivity index (χ0) is 15.4. The smallest absolute Gasteiger partial charge is 0.264 e. The Balaban J connectivity index is 1.70. The Labute approximate surface area is 135 Å². The van der Waals surface area contributed by atoms with Crippen LogP contribution >= 0.6 is 22.9 Å². The van der Waals surface area contributed by atoms with Crippen molar-refractivity contribution in [2.45, 2.75) is 13.5 Å². The lowest BCUT2D eigenvalue weighted by molar-refractivity contribution is 0.228. The number of thiazole rings is 1. The minimum atomic E-state index is 0.138. The quantitative estimate of drug-likeness (QED) is 0.681. The number of hydrogen-bond acceptors (Lipinski definition) is 7. The van der Waals surface area contributed by atoms with Gasteiger partial charge in [0.15, 0.2) is 18.1 Å². The third-order valence-electron chi connectivity index (χ3n) is 2.70. The van der Waals surface area contributed by atoms with Crippen LogP contribution in [-0.2, 0) is 6.61 Å². The molecule has 6 nitrogen and oxygen atoms in total. The van der Waals surface area contributed by atoms with Crippen molar-refractivity contribution in [3.05, 3.63) is 40.0 Å². The Hall–Kier alpha value is -2.12. The Morgan fingerprint density at radius 2 is 2.00 bits per heavy atom. The third kappa shape index (κ3) is 3.20. The Morgan fingerprint density at radius 3 is 2.68 bits per heavy atom. The van der Waals surface area contributed by atoms with E-state index in [2.05, 4.69) is 15.1 Å². The molecular weight excluding hydrogens is 326 g/mol. The van der Waals surface area contributed by atoms with Crippen LogP contribution in [0.2, 0.25) is 4.34 Å². The van der Waals surface area contributed by atoms with Crippen LogP contribution in [0.15, 0.2) is 34.3 Å². The van der Waals surface area contributed by atoms with Crippen molar-refractivity contribution in [2.24, 2.45) is 0 Å². The summed E-state index contributed by atoms with van der Waals surface area (Å²) in [6, 6.07) is 7.41. The second-order valence-electron chi connectivity index (χ2n) is 4.15. The van der Waals surface area contributed by atoms with E-state index in [1.165, 1.54) is 11.3 Å². The van der Waals surface area contributed by atoms with E-state index in [1.54, 1.807) is 5.51 Å². The Kier molecular flexibility index (Phi) is 4.55. The molecule has 0 spiro atoms. The highest BCUT2D eigenvalue weighted by atomic mass is 35.5. The van der Waals surface area contributed by atoms with Gasteiger partial charge in [-0.2, -0.15) is 4.98 Å². The molecule has 3 aromatic rings. The van der Waals surface area contributed by atoms with Crippen molar-refractivity contribution in [1.29, 1.82) is 0 Å². The molecule has 0 N–H and O–H groups in total. The molecule has 0 unspecified atom stereocenters. The summed E-state index contributed by atoms with van der Waals surface area (Å²) in [4.78, 5) is 8.32. The van der Waals surface area contributed by atoms with Gasteiger partial charge in [0, 0.05) is 0 Å². The highest BCUT2D eigenvalue weighted by Crippen LogP contribution is 2.29. The van der Waals surface area contributed by atoms with Gasteiger partial charge in [0.2, 0.25) is 5.82 Å². The molecule has 0 aliphatic heterocycles. The summed E-state index contributed by atoms with van der Waals surface area (Å²) in [5.74, 6) is 1.98. The topological polar surface area (TPSA) is 70.3 Å². The normalized spacial score (nSPS) is 10.6. The van der Waals surface area contributed by atoms with Crippen LogP contribution in [0.5, 0.6) is 11.5 Å². The van der Waals surface area contributed by atoms with E-state index < -0.39 is 0 Å². The molecule has 8 heteroatoms. The average Bonchev–Trinajstić information content (AvgIpc) is 3.15. The SMILES string of the molecule is CCOc1ccccc1OCc1nc(-c2ncsc2Cl)no1. The van der Waals surface area contributed by atoms with E-state index in [9.17, 15) is 0 Å². The van der Waals surface area contributed by atoms with E-state index in [4.69, 9.17) is 25.6 Å². The fourth-order valence-electron chi connectivity index (χ4n) is 1.77.